The zero-order valence-electron chi connectivity index (χ0n) is 36.7. The first-order chi connectivity index (χ1) is 33.7. The number of para-hydroxylation sites is 5. The van der Waals surface area contributed by atoms with Crippen molar-refractivity contribution in [3.63, 3.8) is 0 Å². The predicted octanol–water partition coefficient (Wildman–Crippen LogP) is 17.4. The largest absolute Gasteiger partial charge is 0.456 e. The normalized spacial score (nSPS) is 11.8. The lowest BCUT2D eigenvalue weighted by atomic mass is 10.0. The third-order valence-electron chi connectivity index (χ3n) is 13.5. The number of hydrogen-bond donors (Lipinski definition) is 1. The first-order valence-electron chi connectivity index (χ1n) is 23.0. The van der Waals surface area contributed by atoms with Gasteiger partial charge in [-0.25, -0.2) is 0 Å². The number of aromatic nitrogens is 2. The van der Waals surface area contributed by atoms with Crippen molar-refractivity contribution in [1.82, 2.24) is 9.13 Å². The highest BCUT2D eigenvalue weighted by molar-refractivity contribution is 6.23. The molecule has 0 unspecified atom stereocenters. The maximum atomic E-state index is 6.51. The minimum absolute atomic E-state index is 0.856. The summed E-state index contributed by atoms with van der Waals surface area (Å²) in [5.74, 6) is 0. The van der Waals surface area contributed by atoms with Crippen LogP contribution in [0.15, 0.2) is 245 Å². The minimum Gasteiger partial charge on any atom is -0.456 e. The molecule has 1 N–H and O–H groups in total. The van der Waals surface area contributed by atoms with E-state index in [1.165, 1.54) is 16.2 Å². The summed E-state index contributed by atoms with van der Waals surface area (Å²) in [7, 11) is 0. The molecule has 4 heterocycles. The van der Waals surface area contributed by atoms with Crippen LogP contribution in [0.5, 0.6) is 0 Å². The van der Waals surface area contributed by atoms with E-state index in [0.29, 0.717) is 0 Å². The molecule has 0 amide bonds. The summed E-state index contributed by atoms with van der Waals surface area (Å²) in [5.41, 5.74) is 16.4. The van der Waals surface area contributed by atoms with Gasteiger partial charge in [-0.15, -0.1) is 0 Å². The summed E-state index contributed by atoms with van der Waals surface area (Å²) < 4.78 is 17.8. The molecule has 68 heavy (non-hydrogen) atoms. The Morgan fingerprint density at radius 3 is 1.76 bits per heavy atom. The van der Waals surface area contributed by atoms with Crippen molar-refractivity contribution in [2.45, 2.75) is 0 Å². The van der Waals surface area contributed by atoms with E-state index in [4.69, 9.17) is 8.83 Å². The molecule has 0 aliphatic rings. The van der Waals surface area contributed by atoms with Gasteiger partial charge in [-0.1, -0.05) is 121 Å². The maximum Gasteiger partial charge on any atom is 0.137 e. The second-order valence-corrected chi connectivity index (χ2v) is 17.4. The Hall–Kier alpha value is -9.26. The van der Waals surface area contributed by atoms with Gasteiger partial charge < -0.3 is 19.1 Å². The summed E-state index contributed by atoms with van der Waals surface area (Å²) in [4.78, 5) is 2.37. The zero-order valence-corrected chi connectivity index (χ0v) is 36.7. The average molecular weight is 873 g/mol. The van der Waals surface area contributed by atoms with Crippen LogP contribution in [0.1, 0.15) is 0 Å². The molecule has 6 heteroatoms. The number of rotatable bonds is 8. The highest BCUT2D eigenvalue weighted by Gasteiger charge is 2.25. The van der Waals surface area contributed by atoms with Crippen molar-refractivity contribution >= 4 is 105 Å². The van der Waals surface area contributed by atoms with Crippen molar-refractivity contribution in [1.29, 1.82) is 0 Å². The van der Waals surface area contributed by atoms with Gasteiger partial charge in [-0.05, 0) is 126 Å². The van der Waals surface area contributed by atoms with E-state index in [0.717, 1.165) is 111 Å². The molecule has 10 aromatic carbocycles. The van der Waals surface area contributed by atoms with Crippen LogP contribution >= 0.6 is 0 Å². The van der Waals surface area contributed by atoms with Crippen LogP contribution in [0.3, 0.4) is 0 Å². The smallest absolute Gasteiger partial charge is 0.137 e. The van der Waals surface area contributed by atoms with E-state index < -0.39 is 0 Å². The van der Waals surface area contributed by atoms with Gasteiger partial charge in [0.2, 0.25) is 0 Å². The van der Waals surface area contributed by atoms with E-state index >= 15 is 0 Å². The fraction of sp³-hybridized carbons (Fsp3) is 0. The Bertz CT molecular complexity index is 4220. The van der Waals surface area contributed by atoms with Crippen LogP contribution in [0.25, 0.3) is 99.2 Å². The molecule has 0 saturated heterocycles. The SMILES string of the molecule is c1ccc(Nc2cccc3oc4cc(-c5ccc(-n6c7ccccc7c7c8cc(N(c9ccccc9)c9cccc%10oc%11ccccc%11c9%10)ccc8n(-c8ccccc8)c76)cc5)ccc4c23)cc1. The Morgan fingerprint density at radius 1 is 0.353 bits per heavy atom. The van der Waals surface area contributed by atoms with Gasteiger partial charge in [0.15, 0.2) is 0 Å². The Morgan fingerprint density at radius 2 is 0.956 bits per heavy atom. The van der Waals surface area contributed by atoms with Gasteiger partial charge in [0, 0.05) is 55.4 Å². The molecule has 0 radical (unpaired) electrons. The van der Waals surface area contributed by atoms with Crippen molar-refractivity contribution < 1.29 is 8.83 Å². The molecule has 0 spiro atoms. The predicted molar refractivity (Wildman–Crippen MR) is 282 cm³/mol. The van der Waals surface area contributed by atoms with Gasteiger partial charge in [0.05, 0.1) is 33.2 Å². The maximum absolute atomic E-state index is 6.51. The van der Waals surface area contributed by atoms with Crippen LogP contribution in [0.4, 0.5) is 28.4 Å². The summed E-state index contributed by atoms with van der Waals surface area (Å²) in [6, 6.07) is 83.8. The molecular weight excluding hydrogens is 833 g/mol. The van der Waals surface area contributed by atoms with Crippen LogP contribution in [-0.2, 0) is 0 Å². The first kappa shape index (κ1) is 38.1. The molecule has 0 saturated carbocycles. The third-order valence-corrected chi connectivity index (χ3v) is 13.5. The molecule has 0 bridgehead atoms. The molecule has 0 atom stereocenters. The van der Waals surface area contributed by atoms with Gasteiger partial charge >= 0.3 is 0 Å². The summed E-state index contributed by atoms with van der Waals surface area (Å²) in [6.07, 6.45) is 0. The quantitative estimate of drug-likeness (QED) is 0.165. The molecule has 6 nitrogen and oxygen atoms in total. The highest BCUT2D eigenvalue weighted by atomic mass is 16.3. The van der Waals surface area contributed by atoms with Gasteiger partial charge in [0.25, 0.3) is 0 Å². The number of hydrogen-bond acceptors (Lipinski definition) is 4. The second-order valence-electron chi connectivity index (χ2n) is 17.4. The van der Waals surface area contributed by atoms with E-state index in [2.05, 4.69) is 213 Å². The van der Waals surface area contributed by atoms with Gasteiger partial charge in [-0.3, -0.25) is 9.13 Å². The van der Waals surface area contributed by atoms with Crippen molar-refractivity contribution in [3.05, 3.63) is 237 Å². The molecular formula is C62H40N4O2. The van der Waals surface area contributed by atoms with E-state index in [9.17, 15) is 0 Å². The molecule has 0 fully saturated rings. The lowest BCUT2D eigenvalue weighted by molar-refractivity contribution is 0.668. The van der Waals surface area contributed by atoms with Crippen LogP contribution in [0, 0.1) is 0 Å². The summed E-state index contributed by atoms with van der Waals surface area (Å²) in [6.45, 7) is 0. The number of anilines is 5. The van der Waals surface area contributed by atoms with Crippen molar-refractivity contribution in [3.8, 4) is 22.5 Å². The molecule has 4 aromatic heterocycles. The van der Waals surface area contributed by atoms with E-state index in [1.54, 1.807) is 0 Å². The van der Waals surface area contributed by atoms with Crippen LogP contribution in [-0.4, -0.2) is 9.13 Å². The fourth-order valence-corrected chi connectivity index (χ4v) is 10.5. The fourth-order valence-electron chi connectivity index (χ4n) is 10.5. The Labute approximate surface area is 390 Å². The Balaban J connectivity index is 0.939. The van der Waals surface area contributed by atoms with Crippen LogP contribution in [0.2, 0.25) is 0 Å². The van der Waals surface area contributed by atoms with E-state index in [1.807, 2.05) is 42.5 Å². The standard InChI is InChI=1S/C62H40N4O2/c1-4-16-42(17-5-1)63-51-24-14-28-56-60(51)49-36-32-41(38-58(49)68-56)40-30-33-45(34-31-40)66-52-25-12-10-22-47(52)59-50-39-46(35-37-53(50)65(62(59)66)44-20-8-3-9-21-44)64(43-18-6-2-7-19-43)54-26-15-29-57-61(54)48-23-11-13-27-55(48)67-57/h1-39,63H. The molecule has 320 valence electrons. The number of nitrogens with zero attached hydrogens (tertiary/aromatic N) is 3. The second kappa shape index (κ2) is 15.2. The molecule has 14 aromatic rings. The molecule has 0 aliphatic heterocycles. The van der Waals surface area contributed by atoms with E-state index in [-0.39, 0.29) is 0 Å². The lowest BCUT2D eigenvalue weighted by Gasteiger charge is -2.26. The number of fused-ring (bicyclic) bond motifs is 11. The average Bonchev–Trinajstić information content (AvgIpc) is 4.15. The molecule has 0 aliphatic carbocycles. The number of furan rings is 2. The Kier molecular flexibility index (Phi) is 8.48. The van der Waals surface area contributed by atoms with Crippen molar-refractivity contribution in [2.24, 2.45) is 0 Å². The van der Waals surface area contributed by atoms with Gasteiger partial charge in [-0.2, -0.15) is 0 Å². The zero-order chi connectivity index (χ0) is 44.7. The van der Waals surface area contributed by atoms with Crippen molar-refractivity contribution in [2.75, 3.05) is 10.2 Å². The van der Waals surface area contributed by atoms with Gasteiger partial charge in [0.1, 0.15) is 28.0 Å². The van der Waals surface area contributed by atoms with Crippen LogP contribution < -0.4 is 10.2 Å². The molecule has 14 rings (SSSR count). The highest BCUT2D eigenvalue weighted by Crippen LogP contribution is 2.47. The third kappa shape index (κ3) is 5.91. The number of nitrogens with one attached hydrogen (secondary N) is 1. The minimum atomic E-state index is 0.856. The topological polar surface area (TPSA) is 51.4 Å². The monoisotopic (exact) mass is 872 g/mol. The summed E-state index contributed by atoms with van der Waals surface area (Å²) >= 11 is 0. The number of benzene rings is 10. The first-order valence-corrected chi connectivity index (χ1v) is 23.0. The lowest BCUT2D eigenvalue weighted by Crippen LogP contribution is -2.10. The summed E-state index contributed by atoms with van der Waals surface area (Å²) in [5, 5.41) is 11.5.